The van der Waals surface area contributed by atoms with E-state index in [0.717, 1.165) is 55.1 Å². The number of methoxy groups -OCH3 is 1. The first-order valence-corrected chi connectivity index (χ1v) is 11.0. The van der Waals surface area contributed by atoms with Crippen molar-refractivity contribution in [3.05, 3.63) is 59.7 Å². The van der Waals surface area contributed by atoms with Crippen molar-refractivity contribution in [3.63, 3.8) is 0 Å². The van der Waals surface area contributed by atoms with Crippen LogP contribution in [0.4, 0.5) is 0 Å². The molecule has 0 radical (unpaired) electrons. The topological polar surface area (TPSA) is 123 Å². The molecule has 1 aliphatic heterocycles. The smallest absolute Gasteiger partial charge is 0.414 e. The molecule has 2 aromatic rings. The number of rotatable bonds is 8. The number of carbonyl (C=O) groups excluding carboxylic acids is 1. The summed E-state index contributed by atoms with van der Waals surface area (Å²) < 4.78 is 16.7. The second kappa shape index (κ2) is 13.8. The fraction of sp³-hybridized carbons (Fsp3) is 0.400. The van der Waals surface area contributed by atoms with Crippen LogP contribution < -0.4 is 9.47 Å². The van der Waals surface area contributed by atoms with Gasteiger partial charge in [-0.15, -0.1) is 0 Å². The summed E-state index contributed by atoms with van der Waals surface area (Å²) in [5.41, 5.74) is 2.26. The maximum Gasteiger partial charge on any atom is 0.414 e. The van der Waals surface area contributed by atoms with E-state index in [1.165, 1.54) is 0 Å². The molecule has 1 saturated heterocycles. The summed E-state index contributed by atoms with van der Waals surface area (Å²) in [6.07, 6.45) is 1.92. The maximum absolute atomic E-state index is 12.0. The molecule has 0 saturated carbocycles. The van der Waals surface area contributed by atoms with Gasteiger partial charge in [0.2, 0.25) is 0 Å². The van der Waals surface area contributed by atoms with E-state index in [1.54, 1.807) is 7.11 Å². The predicted molar refractivity (Wildman–Crippen MR) is 124 cm³/mol. The van der Waals surface area contributed by atoms with Crippen molar-refractivity contribution in [1.29, 1.82) is 0 Å². The minimum absolute atomic E-state index is 0.0240. The normalized spacial score (nSPS) is 15.4. The van der Waals surface area contributed by atoms with Gasteiger partial charge in [-0.25, -0.2) is 9.59 Å². The number of nitrogens with zero attached hydrogens (tertiary/aromatic N) is 1. The van der Waals surface area contributed by atoms with E-state index in [-0.39, 0.29) is 11.9 Å². The lowest BCUT2D eigenvalue weighted by molar-refractivity contribution is -0.159. The van der Waals surface area contributed by atoms with Crippen LogP contribution >= 0.6 is 0 Å². The highest BCUT2D eigenvalue weighted by molar-refractivity contribution is 6.27. The number of piperidine rings is 1. The van der Waals surface area contributed by atoms with Crippen LogP contribution in [0.2, 0.25) is 0 Å². The van der Waals surface area contributed by atoms with E-state index in [2.05, 4.69) is 11.0 Å². The Balaban J connectivity index is 0.000000604. The average Bonchev–Trinajstić information content (AvgIpc) is 2.84. The summed E-state index contributed by atoms with van der Waals surface area (Å²) in [5, 5.41) is 14.8. The molecule has 2 aromatic carbocycles. The minimum Gasteiger partial charge on any atom is -0.493 e. The molecule has 3 rings (SSSR count). The van der Waals surface area contributed by atoms with Crippen LogP contribution in [0.5, 0.6) is 11.5 Å². The molecule has 0 aliphatic carbocycles. The number of carboxylic acid groups (broad SMARTS) is 2. The highest BCUT2D eigenvalue weighted by atomic mass is 16.5. The van der Waals surface area contributed by atoms with Crippen molar-refractivity contribution in [3.8, 4) is 11.5 Å². The van der Waals surface area contributed by atoms with Crippen molar-refractivity contribution in [2.45, 2.75) is 32.9 Å². The minimum atomic E-state index is -1.82. The Labute approximate surface area is 198 Å². The molecule has 1 unspecified atom stereocenters. The Morgan fingerprint density at radius 1 is 1.00 bits per heavy atom. The Kier molecular flexibility index (Phi) is 10.9. The van der Waals surface area contributed by atoms with Gasteiger partial charge in [-0.3, -0.25) is 9.69 Å². The third-order valence-electron chi connectivity index (χ3n) is 5.18. The van der Waals surface area contributed by atoms with Crippen LogP contribution in [0.1, 0.15) is 30.9 Å². The molecule has 9 heteroatoms. The summed E-state index contributed by atoms with van der Waals surface area (Å²) in [6.45, 7) is 5.32. The number of carbonyl (C=O) groups is 3. The molecular weight excluding hydrogens is 442 g/mol. The zero-order valence-electron chi connectivity index (χ0n) is 19.4. The second-order valence-electron chi connectivity index (χ2n) is 7.70. The van der Waals surface area contributed by atoms with Crippen LogP contribution in [0.15, 0.2) is 48.5 Å². The van der Waals surface area contributed by atoms with Crippen LogP contribution in [-0.4, -0.2) is 59.8 Å². The predicted octanol–water partition coefficient (Wildman–Crippen LogP) is 3.20. The van der Waals surface area contributed by atoms with E-state index in [4.69, 9.17) is 34.0 Å². The number of aliphatic carboxylic acids is 2. The first-order chi connectivity index (χ1) is 16.3. The van der Waals surface area contributed by atoms with Gasteiger partial charge in [0.1, 0.15) is 6.61 Å². The zero-order valence-corrected chi connectivity index (χ0v) is 19.4. The van der Waals surface area contributed by atoms with E-state index in [9.17, 15) is 4.79 Å². The average molecular weight is 474 g/mol. The van der Waals surface area contributed by atoms with Gasteiger partial charge in [0.15, 0.2) is 11.5 Å². The van der Waals surface area contributed by atoms with Crippen molar-refractivity contribution < 1.29 is 38.8 Å². The number of esters is 1. The van der Waals surface area contributed by atoms with Gasteiger partial charge in [-0.1, -0.05) is 36.4 Å². The Hall–Kier alpha value is -3.59. The fourth-order valence-corrected chi connectivity index (χ4v) is 3.57. The van der Waals surface area contributed by atoms with Crippen molar-refractivity contribution >= 4 is 17.9 Å². The van der Waals surface area contributed by atoms with Gasteiger partial charge in [0.05, 0.1) is 19.6 Å². The summed E-state index contributed by atoms with van der Waals surface area (Å²) in [7, 11) is 1.66. The van der Waals surface area contributed by atoms with E-state index in [0.29, 0.717) is 13.2 Å². The highest BCUT2D eigenvalue weighted by Gasteiger charge is 2.26. The summed E-state index contributed by atoms with van der Waals surface area (Å²) in [4.78, 5) is 32.6. The van der Waals surface area contributed by atoms with Gasteiger partial charge in [0.25, 0.3) is 0 Å². The highest BCUT2D eigenvalue weighted by Crippen LogP contribution is 2.30. The van der Waals surface area contributed by atoms with Gasteiger partial charge in [-0.2, -0.15) is 0 Å². The lowest BCUT2D eigenvalue weighted by Gasteiger charge is -2.31. The largest absolute Gasteiger partial charge is 0.493 e. The van der Waals surface area contributed by atoms with Crippen LogP contribution in [0, 0.1) is 5.92 Å². The second-order valence-corrected chi connectivity index (χ2v) is 7.70. The molecule has 0 amide bonds. The monoisotopic (exact) mass is 473 g/mol. The first-order valence-electron chi connectivity index (χ1n) is 11.0. The first kappa shape index (κ1) is 26.7. The van der Waals surface area contributed by atoms with Crippen LogP contribution in [0.25, 0.3) is 0 Å². The summed E-state index contributed by atoms with van der Waals surface area (Å²) in [5.74, 6) is -2.28. The van der Waals surface area contributed by atoms with Gasteiger partial charge in [-0.05, 0) is 49.6 Å². The molecule has 1 atom stereocenters. The molecule has 0 aromatic heterocycles. The summed E-state index contributed by atoms with van der Waals surface area (Å²) in [6, 6.07) is 16.1. The number of likely N-dealkylation sites (tertiary alicyclic amines) is 1. The fourth-order valence-electron chi connectivity index (χ4n) is 3.57. The van der Waals surface area contributed by atoms with Crippen LogP contribution in [-0.2, 0) is 32.3 Å². The van der Waals surface area contributed by atoms with Crippen molar-refractivity contribution in [1.82, 2.24) is 4.90 Å². The number of hydrogen-bond acceptors (Lipinski definition) is 7. The third-order valence-corrected chi connectivity index (χ3v) is 5.18. The van der Waals surface area contributed by atoms with Gasteiger partial charge in [0, 0.05) is 13.1 Å². The number of carboxylic acids is 2. The maximum atomic E-state index is 12.0. The molecule has 9 nitrogen and oxygen atoms in total. The Bertz CT molecular complexity index is 935. The zero-order chi connectivity index (χ0) is 24.9. The van der Waals surface area contributed by atoms with Gasteiger partial charge >= 0.3 is 17.9 Å². The van der Waals surface area contributed by atoms with Crippen molar-refractivity contribution in [2.75, 3.05) is 26.8 Å². The molecule has 1 fully saturated rings. The molecule has 34 heavy (non-hydrogen) atoms. The van der Waals surface area contributed by atoms with Gasteiger partial charge < -0.3 is 24.4 Å². The standard InChI is InChI=1S/C23H29NO4.C2H2O4/c1-3-27-23(25)20-10-7-13-24(16-20)15-19-11-12-21(22(14-19)26-2)28-17-18-8-5-4-6-9-18;3-1(4)2(5)6/h4-6,8-9,11-12,14,20H,3,7,10,13,15-17H2,1-2H3;(H,3,4)(H,5,6). The van der Waals surface area contributed by atoms with Crippen molar-refractivity contribution in [2.24, 2.45) is 5.92 Å². The van der Waals surface area contributed by atoms with E-state index >= 15 is 0 Å². The molecule has 1 aliphatic rings. The third kappa shape index (κ3) is 8.74. The quantitative estimate of drug-likeness (QED) is 0.439. The number of hydrogen-bond donors (Lipinski definition) is 2. The molecule has 0 spiro atoms. The Morgan fingerprint density at radius 3 is 2.32 bits per heavy atom. The molecule has 2 N–H and O–H groups in total. The van der Waals surface area contributed by atoms with Crippen LogP contribution in [0.3, 0.4) is 0 Å². The lowest BCUT2D eigenvalue weighted by Crippen LogP contribution is -2.38. The number of benzene rings is 2. The molecule has 0 bridgehead atoms. The molecular formula is C25H31NO8. The molecule has 1 heterocycles. The Morgan fingerprint density at radius 2 is 1.71 bits per heavy atom. The molecule has 184 valence electrons. The van der Waals surface area contributed by atoms with E-state index < -0.39 is 11.9 Å². The summed E-state index contributed by atoms with van der Waals surface area (Å²) >= 11 is 0. The number of ether oxygens (including phenoxy) is 3. The SMILES string of the molecule is CCOC(=O)C1CCCN(Cc2ccc(OCc3ccccc3)c(OC)c2)C1.O=C(O)C(=O)O. The van der Waals surface area contributed by atoms with E-state index in [1.807, 2.05) is 49.4 Å². The lowest BCUT2D eigenvalue weighted by atomic mass is 9.97.